The van der Waals surface area contributed by atoms with E-state index in [1.165, 1.54) is 76.0 Å². The lowest BCUT2D eigenvalue weighted by Crippen LogP contribution is -2.03. The van der Waals surface area contributed by atoms with E-state index >= 15 is 0 Å². The first-order valence-corrected chi connectivity index (χ1v) is 9.52. The molecule has 4 heteroatoms. The fourth-order valence-corrected chi connectivity index (χ4v) is 3.11. The zero-order chi connectivity index (χ0) is 15.8. The Morgan fingerprint density at radius 2 is 1.19 bits per heavy atom. The van der Waals surface area contributed by atoms with Crippen molar-refractivity contribution < 1.29 is 14.7 Å². The van der Waals surface area contributed by atoms with Gasteiger partial charge in [0.15, 0.2) is 5.12 Å². The molecule has 0 aromatic heterocycles. The maximum atomic E-state index is 11.1. The average molecular weight is 317 g/mol. The number of hydrogen-bond acceptors (Lipinski definition) is 3. The minimum absolute atomic E-state index is 0.217. The Kier molecular flexibility index (Phi) is 15.5. The van der Waals surface area contributed by atoms with Crippen LogP contribution in [0.25, 0.3) is 0 Å². The van der Waals surface area contributed by atoms with Crippen LogP contribution in [0.1, 0.15) is 90.4 Å². The van der Waals surface area contributed by atoms with Crippen molar-refractivity contribution in [3.8, 4) is 0 Å². The molecule has 0 heterocycles. The minimum atomic E-state index is -1.03. The molecule has 124 valence electrons. The summed E-state index contributed by atoms with van der Waals surface area (Å²) >= 11 is 1.17. The second-order valence-corrected chi connectivity index (χ2v) is 6.83. The van der Waals surface area contributed by atoms with Gasteiger partial charge >= 0.3 is 5.97 Å². The zero-order valence-electron chi connectivity index (χ0n) is 13.6. The molecule has 3 nitrogen and oxygen atoms in total. The third-order valence-corrected chi connectivity index (χ3v) is 4.52. The summed E-state index contributed by atoms with van der Waals surface area (Å²) in [7, 11) is 0. The molecule has 0 unspecified atom stereocenters. The van der Waals surface area contributed by atoms with Crippen LogP contribution in [0.2, 0.25) is 0 Å². The average Bonchev–Trinajstić information content (AvgIpc) is 2.43. The number of hydrogen-bond donors (Lipinski definition) is 1. The van der Waals surface area contributed by atoms with Gasteiger partial charge < -0.3 is 5.11 Å². The maximum Gasteiger partial charge on any atom is 0.311 e. The summed E-state index contributed by atoms with van der Waals surface area (Å²) in [6.45, 7) is 2.25. The van der Waals surface area contributed by atoms with Gasteiger partial charge in [0.1, 0.15) is 6.42 Å². The molecule has 0 fully saturated rings. The van der Waals surface area contributed by atoms with Crippen LogP contribution < -0.4 is 0 Å². The van der Waals surface area contributed by atoms with Gasteiger partial charge in [-0.25, -0.2) is 0 Å². The third kappa shape index (κ3) is 17.4. The number of thioether (sulfide) groups is 1. The molecular weight excluding hydrogens is 284 g/mol. The number of aliphatic carboxylic acids is 1. The van der Waals surface area contributed by atoms with E-state index in [9.17, 15) is 9.59 Å². The Hall–Kier alpha value is -0.510. The Balaban J connectivity index is 3.09. The molecule has 0 aromatic carbocycles. The first kappa shape index (κ1) is 20.5. The number of carboxylic acids is 1. The van der Waals surface area contributed by atoms with E-state index in [1.807, 2.05) is 0 Å². The highest BCUT2D eigenvalue weighted by molar-refractivity contribution is 8.13. The molecule has 0 saturated carbocycles. The molecule has 0 aliphatic carbocycles. The Bertz CT molecular complexity index is 267. The van der Waals surface area contributed by atoms with Gasteiger partial charge in [0.05, 0.1) is 0 Å². The lowest BCUT2D eigenvalue weighted by atomic mass is 10.1. The highest BCUT2D eigenvalue weighted by Crippen LogP contribution is 2.14. The van der Waals surface area contributed by atoms with Crippen LogP contribution in [0.5, 0.6) is 0 Å². The molecule has 0 atom stereocenters. The fraction of sp³-hybridized carbons (Fsp3) is 0.882. The monoisotopic (exact) mass is 316 g/mol. The smallest absolute Gasteiger partial charge is 0.311 e. The molecule has 21 heavy (non-hydrogen) atoms. The van der Waals surface area contributed by atoms with Gasteiger partial charge in [0.25, 0.3) is 0 Å². The molecule has 0 spiro atoms. The zero-order valence-corrected chi connectivity index (χ0v) is 14.4. The highest BCUT2D eigenvalue weighted by Gasteiger charge is 2.07. The first-order valence-electron chi connectivity index (χ1n) is 8.54. The van der Waals surface area contributed by atoms with Gasteiger partial charge in [-0.05, 0) is 6.42 Å². The number of unbranched alkanes of at least 4 members (excludes halogenated alkanes) is 11. The molecule has 0 aliphatic heterocycles. The van der Waals surface area contributed by atoms with Crippen LogP contribution in [0.4, 0.5) is 0 Å². The molecular formula is C17H32O3S. The number of carbonyl (C=O) groups excluding carboxylic acids is 1. The van der Waals surface area contributed by atoms with Gasteiger partial charge in [-0.1, -0.05) is 89.3 Å². The van der Waals surface area contributed by atoms with Gasteiger partial charge in [0.2, 0.25) is 0 Å². The van der Waals surface area contributed by atoms with Crippen LogP contribution in [-0.4, -0.2) is 21.9 Å². The van der Waals surface area contributed by atoms with Crippen LogP contribution in [0, 0.1) is 0 Å². The van der Waals surface area contributed by atoms with Crippen LogP contribution in [0.15, 0.2) is 0 Å². The summed E-state index contributed by atoms with van der Waals surface area (Å²) in [5, 5.41) is 8.24. The predicted molar refractivity (Wildman–Crippen MR) is 90.8 cm³/mol. The lowest BCUT2D eigenvalue weighted by Gasteiger charge is -2.02. The Morgan fingerprint density at radius 1 is 0.762 bits per heavy atom. The predicted octanol–water partition coefficient (Wildman–Crippen LogP) is 5.42. The van der Waals surface area contributed by atoms with Crippen molar-refractivity contribution in [2.75, 3.05) is 5.75 Å². The van der Waals surface area contributed by atoms with Gasteiger partial charge in [0, 0.05) is 5.75 Å². The van der Waals surface area contributed by atoms with E-state index in [0.29, 0.717) is 0 Å². The van der Waals surface area contributed by atoms with Crippen molar-refractivity contribution in [3.05, 3.63) is 0 Å². The quantitative estimate of drug-likeness (QED) is 0.323. The second-order valence-electron chi connectivity index (χ2n) is 5.68. The number of carboxylic acid groups (broad SMARTS) is 1. The van der Waals surface area contributed by atoms with Crippen molar-refractivity contribution >= 4 is 22.8 Å². The highest BCUT2D eigenvalue weighted by atomic mass is 32.2. The topological polar surface area (TPSA) is 54.4 Å². The molecule has 0 radical (unpaired) electrons. The van der Waals surface area contributed by atoms with E-state index in [0.717, 1.165) is 18.6 Å². The molecule has 0 amide bonds. The first-order chi connectivity index (χ1) is 10.2. The molecule has 0 rings (SSSR count). The van der Waals surface area contributed by atoms with E-state index in [-0.39, 0.29) is 11.5 Å². The summed E-state index contributed by atoms with van der Waals surface area (Å²) in [4.78, 5) is 21.4. The lowest BCUT2D eigenvalue weighted by molar-refractivity contribution is -0.138. The van der Waals surface area contributed by atoms with E-state index in [1.54, 1.807) is 0 Å². The molecule has 0 aromatic rings. The molecule has 0 saturated heterocycles. The van der Waals surface area contributed by atoms with Gasteiger partial charge in [-0.2, -0.15) is 0 Å². The van der Waals surface area contributed by atoms with E-state index in [2.05, 4.69) is 6.92 Å². The van der Waals surface area contributed by atoms with E-state index in [4.69, 9.17) is 5.11 Å². The Morgan fingerprint density at radius 3 is 1.62 bits per heavy atom. The minimum Gasteiger partial charge on any atom is -0.481 e. The van der Waals surface area contributed by atoms with Crippen LogP contribution >= 0.6 is 11.8 Å². The van der Waals surface area contributed by atoms with Crippen molar-refractivity contribution in [2.45, 2.75) is 90.4 Å². The summed E-state index contributed by atoms with van der Waals surface area (Å²) in [5.41, 5.74) is 0. The summed E-state index contributed by atoms with van der Waals surface area (Å²) in [5.74, 6) is -0.258. The molecule has 0 bridgehead atoms. The molecule has 1 N–H and O–H groups in total. The molecule has 0 aliphatic rings. The SMILES string of the molecule is CCCCCCCCCCCCCCSC(=O)CC(=O)O. The van der Waals surface area contributed by atoms with Gasteiger partial charge in [-0.15, -0.1) is 0 Å². The Labute approximate surface area is 134 Å². The van der Waals surface area contributed by atoms with Crippen LogP contribution in [0.3, 0.4) is 0 Å². The summed E-state index contributed by atoms with van der Waals surface area (Å²) in [6, 6.07) is 0. The standard InChI is InChI=1S/C17H32O3S/c1-2-3-4-5-6-7-8-9-10-11-12-13-14-21-17(20)15-16(18)19/h2-15H2,1H3,(H,18,19). The summed E-state index contributed by atoms with van der Waals surface area (Å²) < 4.78 is 0. The maximum absolute atomic E-state index is 11.1. The third-order valence-electron chi connectivity index (χ3n) is 3.56. The number of rotatable bonds is 15. The van der Waals surface area contributed by atoms with Gasteiger partial charge in [-0.3, -0.25) is 9.59 Å². The van der Waals surface area contributed by atoms with E-state index < -0.39 is 5.97 Å². The fourth-order valence-electron chi connectivity index (χ4n) is 2.30. The van der Waals surface area contributed by atoms with Crippen molar-refractivity contribution in [1.29, 1.82) is 0 Å². The summed E-state index contributed by atoms with van der Waals surface area (Å²) in [6.07, 6.45) is 15.3. The largest absolute Gasteiger partial charge is 0.481 e. The second kappa shape index (κ2) is 15.9. The van der Waals surface area contributed by atoms with Crippen molar-refractivity contribution in [1.82, 2.24) is 0 Å². The van der Waals surface area contributed by atoms with Crippen LogP contribution in [-0.2, 0) is 9.59 Å². The van der Waals surface area contributed by atoms with Crippen molar-refractivity contribution in [3.63, 3.8) is 0 Å². The normalized spacial score (nSPS) is 10.7. The van der Waals surface area contributed by atoms with Crippen molar-refractivity contribution in [2.24, 2.45) is 0 Å². The number of carbonyl (C=O) groups is 2.